The van der Waals surface area contributed by atoms with E-state index in [0.717, 1.165) is 38.6 Å². The number of fused-ring (bicyclic) bond motifs is 6. The second-order valence-electron chi connectivity index (χ2n) is 8.78. The summed E-state index contributed by atoms with van der Waals surface area (Å²) in [6.07, 6.45) is 3.49. The molecule has 4 nitrogen and oxygen atoms in total. The first-order valence-electron chi connectivity index (χ1n) is 11.8. The van der Waals surface area contributed by atoms with E-state index in [-0.39, 0.29) is 25.9 Å². The molecule has 37 heavy (non-hydrogen) atoms. The molecule has 0 aliphatic carbocycles. The molecule has 0 aliphatic rings. The number of aliphatic imine (C=N–C) groups is 1. The molecule has 1 radical (unpaired) electrons. The van der Waals surface area contributed by atoms with Gasteiger partial charge in [-0.05, 0) is 24.4 Å². The number of phenolic OH excluding ortho intramolecular Hbond substituents is 1. The summed E-state index contributed by atoms with van der Waals surface area (Å²) >= 11 is 0. The van der Waals surface area contributed by atoms with Crippen molar-refractivity contribution in [1.82, 2.24) is 9.97 Å². The minimum Gasteiger partial charge on any atom is -0.507 e. The van der Waals surface area contributed by atoms with E-state index in [1.54, 1.807) is 25.4 Å². The molecule has 0 saturated carbocycles. The van der Waals surface area contributed by atoms with E-state index in [4.69, 9.17) is 15.1 Å². The predicted molar refractivity (Wildman–Crippen MR) is 150 cm³/mol. The van der Waals surface area contributed by atoms with Crippen molar-refractivity contribution in [3.8, 4) is 17.0 Å². The number of benzene rings is 5. The normalized spacial score (nSPS) is 10.9. The van der Waals surface area contributed by atoms with Crippen molar-refractivity contribution in [2.75, 3.05) is 7.05 Å². The Labute approximate surface area is 230 Å². The quantitative estimate of drug-likeness (QED) is 0.119. The van der Waals surface area contributed by atoms with Crippen LogP contribution in [0.15, 0.2) is 96.1 Å². The standard InChI is InChI=1S/C24H17N2.C8H9NO.Ir/c1-15-8-10-18-20(12-15)21-13-16(2)9-11-19(21)24-23(18)25-14-22(26-24)17-6-4-3-5-7-17;1-9-6-7-4-2-3-5-8(7)10;/h3-9,11-14H,1-2H3;2-6,10H,1H3;/q-1;;. The zero-order valence-electron chi connectivity index (χ0n) is 20.9. The fourth-order valence-corrected chi connectivity index (χ4v) is 4.34. The Bertz CT molecular complexity index is 1730. The first-order valence-corrected chi connectivity index (χ1v) is 11.8. The summed E-state index contributed by atoms with van der Waals surface area (Å²) in [6, 6.07) is 31.5. The van der Waals surface area contributed by atoms with Crippen LogP contribution in [0.3, 0.4) is 0 Å². The van der Waals surface area contributed by atoms with Gasteiger partial charge < -0.3 is 10.1 Å². The minimum atomic E-state index is 0. The number of hydrogen-bond donors (Lipinski definition) is 1. The molecule has 5 heteroatoms. The van der Waals surface area contributed by atoms with Crippen LogP contribution in [0, 0.1) is 19.9 Å². The van der Waals surface area contributed by atoms with Crippen LogP contribution < -0.4 is 0 Å². The van der Waals surface area contributed by atoms with Crippen LogP contribution >= 0.6 is 0 Å². The third-order valence-electron chi connectivity index (χ3n) is 6.09. The first kappa shape index (κ1) is 26.2. The van der Waals surface area contributed by atoms with E-state index in [9.17, 15) is 0 Å². The van der Waals surface area contributed by atoms with Gasteiger partial charge in [0.25, 0.3) is 0 Å². The van der Waals surface area contributed by atoms with E-state index in [1.807, 2.05) is 42.6 Å². The number of aromatic nitrogens is 2. The molecule has 0 atom stereocenters. The van der Waals surface area contributed by atoms with Crippen molar-refractivity contribution in [2.45, 2.75) is 13.8 Å². The summed E-state index contributed by atoms with van der Waals surface area (Å²) in [6.45, 7) is 4.23. The van der Waals surface area contributed by atoms with Crippen LogP contribution in [0.5, 0.6) is 5.75 Å². The molecule has 0 aliphatic heterocycles. The maximum atomic E-state index is 9.15. The van der Waals surface area contributed by atoms with Crippen LogP contribution in [0.4, 0.5) is 0 Å². The van der Waals surface area contributed by atoms with Crippen LogP contribution in [0.2, 0.25) is 0 Å². The number of aryl methyl sites for hydroxylation is 2. The Hall–Kier alpha value is -3.92. The Balaban J connectivity index is 0.000000248. The molecule has 0 unspecified atom stereocenters. The van der Waals surface area contributed by atoms with Gasteiger partial charge in [-0.15, -0.1) is 29.1 Å². The summed E-state index contributed by atoms with van der Waals surface area (Å²) in [5.74, 6) is 0.271. The summed E-state index contributed by atoms with van der Waals surface area (Å²) in [5.41, 5.74) is 7.02. The number of hydrogen-bond acceptors (Lipinski definition) is 4. The van der Waals surface area contributed by atoms with Crippen molar-refractivity contribution in [3.05, 3.63) is 114 Å². The van der Waals surface area contributed by atoms with Crippen molar-refractivity contribution in [3.63, 3.8) is 0 Å². The number of phenols is 1. The van der Waals surface area contributed by atoms with Gasteiger partial charge in [0.1, 0.15) is 5.75 Å². The molecule has 0 bridgehead atoms. The summed E-state index contributed by atoms with van der Waals surface area (Å²) < 4.78 is 0. The van der Waals surface area contributed by atoms with Crippen LogP contribution in [0.25, 0.3) is 43.8 Å². The molecule has 6 rings (SSSR count). The largest absolute Gasteiger partial charge is 0.507 e. The van der Waals surface area contributed by atoms with Crippen molar-refractivity contribution in [2.24, 2.45) is 4.99 Å². The van der Waals surface area contributed by atoms with E-state index in [0.29, 0.717) is 0 Å². The van der Waals surface area contributed by atoms with Crippen LogP contribution in [0.1, 0.15) is 16.7 Å². The molecule has 6 aromatic rings. The number of rotatable bonds is 2. The number of para-hydroxylation sites is 1. The molecule has 1 heterocycles. The summed E-state index contributed by atoms with van der Waals surface area (Å²) in [4.78, 5) is 13.6. The Morgan fingerprint density at radius 1 is 0.811 bits per heavy atom. The maximum Gasteiger partial charge on any atom is 0.124 e. The smallest absolute Gasteiger partial charge is 0.124 e. The average Bonchev–Trinajstić information content (AvgIpc) is 2.91. The van der Waals surface area contributed by atoms with E-state index >= 15 is 0 Å². The van der Waals surface area contributed by atoms with Gasteiger partial charge in [0.2, 0.25) is 0 Å². The second kappa shape index (κ2) is 11.4. The fraction of sp³-hybridized carbons (Fsp3) is 0.0938. The van der Waals surface area contributed by atoms with Crippen molar-refractivity contribution in [1.29, 1.82) is 0 Å². The van der Waals surface area contributed by atoms with Crippen molar-refractivity contribution >= 4 is 38.8 Å². The summed E-state index contributed by atoms with van der Waals surface area (Å²) in [5, 5.41) is 13.7. The van der Waals surface area contributed by atoms with Gasteiger partial charge in [-0.25, -0.2) is 0 Å². The SMILES string of the molecule is CN=Cc1ccccc1O.Cc1c[c-]c2c(c1)c1cc(C)ccc1c1nc(-c3ccccc3)cnc21.[Ir]. The van der Waals surface area contributed by atoms with Gasteiger partial charge in [-0.2, -0.15) is 0 Å². The molecule has 1 aromatic heterocycles. The van der Waals surface area contributed by atoms with Crippen LogP contribution in [-0.4, -0.2) is 28.3 Å². The zero-order valence-corrected chi connectivity index (χ0v) is 23.3. The van der Waals surface area contributed by atoms with Gasteiger partial charge in [-0.1, -0.05) is 83.9 Å². The fourth-order valence-electron chi connectivity index (χ4n) is 4.34. The maximum absolute atomic E-state index is 9.15. The third-order valence-corrected chi connectivity index (χ3v) is 6.09. The van der Waals surface area contributed by atoms with Gasteiger partial charge in [0.15, 0.2) is 0 Å². The van der Waals surface area contributed by atoms with Gasteiger partial charge in [0, 0.05) is 56.2 Å². The predicted octanol–water partition coefficient (Wildman–Crippen LogP) is 7.46. The Morgan fingerprint density at radius 3 is 2.30 bits per heavy atom. The molecule has 5 aromatic carbocycles. The molecule has 0 fully saturated rings. The number of nitrogens with zero attached hydrogens (tertiary/aromatic N) is 3. The number of aromatic hydroxyl groups is 1. The third kappa shape index (κ3) is 5.43. The molecule has 0 spiro atoms. The average molecular weight is 661 g/mol. The van der Waals surface area contributed by atoms with Gasteiger partial charge >= 0.3 is 0 Å². The first-order chi connectivity index (χ1) is 17.5. The second-order valence-corrected chi connectivity index (χ2v) is 8.78. The molecule has 0 amide bonds. The van der Waals surface area contributed by atoms with E-state index in [1.165, 1.54) is 21.9 Å². The Kier molecular flexibility index (Phi) is 8.07. The van der Waals surface area contributed by atoms with Gasteiger partial charge in [-0.3, -0.25) is 9.98 Å². The van der Waals surface area contributed by atoms with E-state index in [2.05, 4.69) is 61.3 Å². The van der Waals surface area contributed by atoms with E-state index < -0.39 is 0 Å². The minimum absolute atomic E-state index is 0. The topological polar surface area (TPSA) is 58.4 Å². The monoisotopic (exact) mass is 661 g/mol. The Morgan fingerprint density at radius 2 is 1.54 bits per heavy atom. The van der Waals surface area contributed by atoms with Crippen LogP contribution in [-0.2, 0) is 20.1 Å². The zero-order chi connectivity index (χ0) is 25.1. The molecular formula is C32H26IrN3O-. The van der Waals surface area contributed by atoms with Gasteiger partial charge in [0.05, 0.1) is 11.2 Å². The molecule has 0 saturated heterocycles. The molecule has 1 N–H and O–H groups in total. The van der Waals surface area contributed by atoms with Crippen molar-refractivity contribution < 1.29 is 25.2 Å². The molecule has 185 valence electrons. The summed E-state index contributed by atoms with van der Waals surface area (Å²) in [7, 11) is 1.67. The molecular weight excluding hydrogens is 635 g/mol.